The Morgan fingerprint density at radius 2 is 0.906 bits per heavy atom. The van der Waals surface area contributed by atoms with Gasteiger partial charge in [-0.05, 0) is 62.1 Å². The molecule has 0 bridgehead atoms. The molecule has 0 aliphatic rings. The number of rotatable bonds is 15. The lowest BCUT2D eigenvalue weighted by molar-refractivity contribution is -0.143. The normalized spacial score (nSPS) is 15.1. The molecule has 0 aliphatic heterocycles. The van der Waals surface area contributed by atoms with E-state index in [-0.39, 0.29) is 0 Å². The van der Waals surface area contributed by atoms with E-state index in [0.717, 1.165) is 24.3 Å². The first-order chi connectivity index (χ1) is 15.3. The minimum Gasteiger partial charge on any atom is -0.494 e. The smallest absolute Gasteiger partial charge is 0.119 e. The maximum atomic E-state index is 11.3. The summed E-state index contributed by atoms with van der Waals surface area (Å²) in [6.45, 7) is 9.06. The van der Waals surface area contributed by atoms with Crippen LogP contribution < -0.4 is 9.47 Å². The average Bonchev–Trinajstić information content (AvgIpc) is 2.79. The third-order valence-electron chi connectivity index (χ3n) is 6.31. The van der Waals surface area contributed by atoms with Gasteiger partial charge in [0.2, 0.25) is 0 Å². The minimum absolute atomic E-state index is 0.636. The van der Waals surface area contributed by atoms with Crippen molar-refractivity contribution in [3.05, 3.63) is 59.7 Å². The Bertz CT molecular complexity index is 696. The minimum atomic E-state index is -1.48. The average molecular weight is 443 g/mol. The quantitative estimate of drug-likeness (QED) is 0.301. The highest BCUT2D eigenvalue weighted by Gasteiger charge is 2.44. The Labute approximate surface area is 194 Å². The molecular weight excluding hydrogens is 400 g/mol. The monoisotopic (exact) mass is 442 g/mol. The summed E-state index contributed by atoms with van der Waals surface area (Å²) in [7, 11) is 0. The molecule has 2 atom stereocenters. The van der Waals surface area contributed by atoms with E-state index in [2.05, 4.69) is 13.8 Å². The molecule has 2 rings (SSSR count). The van der Waals surface area contributed by atoms with E-state index in [1.807, 2.05) is 48.5 Å². The summed E-state index contributed by atoms with van der Waals surface area (Å²) in [5.74, 6) is 1.56. The molecule has 2 N–H and O–H groups in total. The van der Waals surface area contributed by atoms with Crippen molar-refractivity contribution in [3.63, 3.8) is 0 Å². The van der Waals surface area contributed by atoms with Gasteiger partial charge in [0.25, 0.3) is 0 Å². The van der Waals surface area contributed by atoms with Crippen LogP contribution in [0.1, 0.15) is 90.2 Å². The van der Waals surface area contributed by atoms with Crippen molar-refractivity contribution in [2.75, 3.05) is 13.2 Å². The molecule has 4 heteroatoms. The first kappa shape index (κ1) is 26.2. The molecule has 4 nitrogen and oxygen atoms in total. The van der Waals surface area contributed by atoms with Gasteiger partial charge in [0.1, 0.15) is 22.7 Å². The van der Waals surface area contributed by atoms with Crippen LogP contribution in [0.4, 0.5) is 0 Å². The van der Waals surface area contributed by atoms with Crippen LogP contribution in [-0.2, 0) is 11.2 Å². The van der Waals surface area contributed by atoms with Crippen molar-refractivity contribution >= 4 is 0 Å². The number of benzene rings is 2. The van der Waals surface area contributed by atoms with Gasteiger partial charge in [0.15, 0.2) is 0 Å². The van der Waals surface area contributed by atoms with Crippen LogP contribution in [0.5, 0.6) is 11.5 Å². The summed E-state index contributed by atoms with van der Waals surface area (Å²) in [6, 6.07) is 14.7. The third-order valence-corrected chi connectivity index (χ3v) is 6.31. The first-order valence-electron chi connectivity index (χ1n) is 12.2. The third kappa shape index (κ3) is 7.25. The van der Waals surface area contributed by atoms with E-state index in [1.165, 1.54) is 38.5 Å². The molecule has 0 aromatic heterocycles. The standard InChI is InChI=1S/C28H42O4/c1-5-7-9-11-21-31-25-17-13-23(14-18-25)27(3,29)28(4,30)24-15-19-26(20-16-24)32-22-12-10-8-6-2/h13-20,29-30H,5-12,21-22H2,1-4H3/t27-,28+. The molecule has 2 aromatic rings. The van der Waals surface area contributed by atoms with E-state index in [1.54, 1.807) is 13.8 Å². The Hall–Kier alpha value is -2.04. The van der Waals surface area contributed by atoms with Crippen LogP contribution >= 0.6 is 0 Å². The maximum absolute atomic E-state index is 11.3. The van der Waals surface area contributed by atoms with Crippen LogP contribution in [0.2, 0.25) is 0 Å². The predicted molar refractivity (Wildman–Crippen MR) is 131 cm³/mol. The number of unbranched alkanes of at least 4 members (excludes halogenated alkanes) is 6. The molecule has 0 saturated carbocycles. The van der Waals surface area contributed by atoms with Crippen LogP contribution in [0, 0.1) is 0 Å². The molecule has 32 heavy (non-hydrogen) atoms. The molecule has 178 valence electrons. The maximum Gasteiger partial charge on any atom is 0.119 e. The molecule has 0 spiro atoms. The van der Waals surface area contributed by atoms with Crippen molar-refractivity contribution in [2.24, 2.45) is 0 Å². The second-order valence-electron chi connectivity index (χ2n) is 9.01. The Morgan fingerprint density at radius 3 is 1.22 bits per heavy atom. The van der Waals surface area contributed by atoms with Gasteiger partial charge in [0, 0.05) is 0 Å². The van der Waals surface area contributed by atoms with Crippen molar-refractivity contribution in [1.29, 1.82) is 0 Å². The van der Waals surface area contributed by atoms with Crippen LogP contribution in [0.15, 0.2) is 48.5 Å². The summed E-state index contributed by atoms with van der Waals surface area (Å²) >= 11 is 0. The van der Waals surface area contributed by atoms with Gasteiger partial charge in [-0.25, -0.2) is 0 Å². The van der Waals surface area contributed by atoms with Crippen LogP contribution in [-0.4, -0.2) is 23.4 Å². The van der Waals surface area contributed by atoms with E-state index >= 15 is 0 Å². The van der Waals surface area contributed by atoms with E-state index in [9.17, 15) is 10.2 Å². The molecule has 0 saturated heterocycles. The van der Waals surface area contributed by atoms with Crippen molar-refractivity contribution in [1.82, 2.24) is 0 Å². The Balaban J connectivity index is 1.98. The SMILES string of the molecule is CCCCCCOc1ccc([C@](C)(O)[C@](C)(O)c2ccc(OCCCCCC)cc2)cc1. The lowest BCUT2D eigenvalue weighted by atomic mass is 9.76. The van der Waals surface area contributed by atoms with Crippen molar-refractivity contribution < 1.29 is 19.7 Å². The van der Waals surface area contributed by atoms with Gasteiger partial charge >= 0.3 is 0 Å². The molecule has 0 radical (unpaired) electrons. The highest BCUT2D eigenvalue weighted by atomic mass is 16.5. The van der Waals surface area contributed by atoms with Gasteiger partial charge in [-0.1, -0.05) is 76.6 Å². The predicted octanol–water partition coefficient (Wildman–Crippen LogP) is 6.72. The van der Waals surface area contributed by atoms with Crippen molar-refractivity contribution in [2.45, 2.75) is 90.3 Å². The van der Waals surface area contributed by atoms with Gasteiger partial charge in [-0.2, -0.15) is 0 Å². The number of hydrogen-bond acceptors (Lipinski definition) is 4. The fraction of sp³-hybridized carbons (Fsp3) is 0.571. The summed E-state index contributed by atoms with van der Waals surface area (Å²) in [4.78, 5) is 0. The lowest BCUT2D eigenvalue weighted by Gasteiger charge is -2.39. The zero-order valence-corrected chi connectivity index (χ0v) is 20.4. The van der Waals surface area contributed by atoms with Crippen LogP contribution in [0.3, 0.4) is 0 Å². The molecule has 0 unspecified atom stereocenters. The molecule has 2 aromatic carbocycles. The second-order valence-corrected chi connectivity index (χ2v) is 9.01. The van der Waals surface area contributed by atoms with E-state index in [4.69, 9.17) is 9.47 Å². The highest BCUT2D eigenvalue weighted by molar-refractivity contribution is 5.37. The van der Waals surface area contributed by atoms with Gasteiger partial charge in [0.05, 0.1) is 13.2 Å². The summed E-state index contributed by atoms with van der Waals surface area (Å²) in [5.41, 5.74) is -1.68. The van der Waals surface area contributed by atoms with Crippen LogP contribution in [0.25, 0.3) is 0 Å². The Kier molecular flexibility index (Phi) is 10.5. The van der Waals surface area contributed by atoms with Gasteiger partial charge in [-0.15, -0.1) is 0 Å². The number of ether oxygens (including phenoxy) is 2. The first-order valence-corrected chi connectivity index (χ1v) is 12.2. The molecule has 0 aliphatic carbocycles. The summed E-state index contributed by atoms with van der Waals surface area (Å²) < 4.78 is 11.6. The highest BCUT2D eigenvalue weighted by Crippen LogP contribution is 2.41. The zero-order chi connectivity index (χ0) is 23.5. The Morgan fingerprint density at radius 1 is 0.562 bits per heavy atom. The van der Waals surface area contributed by atoms with E-state index in [0.29, 0.717) is 24.3 Å². The molecule has 0 heterocycles. The number of hydrogen-bond donors (Lipinski definition) is 2. The van der Waals surface area contributed by atoms with Crippen molar-refractivity contribution in [3.8, 4) is 11.5 Å². The summed E-state index contributed by atoms with van der Waals surface area (Å²) in [5, 5.41) is 22.6. The van der Waals surface area contributed by atoms with Gasteiger partial charge in [-0.3, -0.25) is 0 Å². The molecular formula is C28H42O4. The number of aliphatic hydroxyl groups is 2. The topological polar surface area (TPSA) is 58.9 Å². The lowest BCUT2D eigenvalue weighted by Crippen LogP contribution is -2.45. The molecule has 0 amide bonds. The van der Waals surface area contributed by atoms with E-state index < -0.39 is 11.2 Å². The fourth-order valence-electron chi connectivity index (χ4n) is 3.75. The largest absolute Gasteiger partial charge is 0.494 e. The summed E-state index contributed by atoms with van der Waals surface area (Å²) in [6.07, 6.45) is 9.31. The second kappa shape index (κ2) is 12.9. The molecule has 0 fully saturated rings. The fourth-order valence-corrected chi connectivity index (χ4v) is 3.75. The zero-order valence-electron chi connectivity index (χ0n) is 20.4. The van der Waals surface area contributed by atoms with Gasteiger partial charge < -0.3 is 19.7 Å².